The van der Waals surface area contributed by atoms with E-state index >= 15 is 0 Å². The molecule has 0 fully saturated rings. The second-order valence-electron chi connectivity index (χ2n) is 7.61. The van der Waals surface area contributed by atoms with Crippen LogP contribution in [0.4, 0.5) is 4.79 Å². The van der Waals surface area contributed by atoms with Gasteiger partial charge in [-0.1, -0.05) is 74.5 Å². The Bertz CT molecular complexity index is 855. The highest BCUT2D eigenvalue weighted by Gasteiger charge is 2.33. The number of methoxy groups -OCH3 is 1. The van der Waals surface area contributed by atoms with Gasteiger partial charge < -0.3 is 14.8 Å². The number of benzene rings is 2. The number of carbonyl (C=O) groups excluding carboxylic acids is 3. The Morgan fingerprint density at radius 1 is 0.935 bits per heavy atom. The number of amides is 2. The molecule has 2 aromatic carbocycles. The van der Waals surface area contributed by atoms with Gasteiger partial charge in [0.2, 0.25) is 5.91 Å². The molecule has 0 radical (unpaired) electrons. The number of carbonyl (C=O) groups is 3. The largest absolute Gasteiger partial charge is 0.467 e. The van der Waals surface area contributed by atoms with Crippen molar-refractivity contribution < 1.29 is 23.9 Å². The zero-order chi connectivity index (χ0) is 22.8. The van der Waals surface area contributed by atoms with Gasteiger partial charge in [0.25, 0.3) is 0 Å². The van der Waals surface area contributed by atoms with E-state index in [-0.39, 0.29) is 18.9 Å². The van der Waals surface area contributed by atoms with Crippen molar-refractivity contribution in [1.29, 1.82) is 0 Å². The van der Waals surface area contributed by atoms with Gasteiger partial charge in [0, 0.05) is 13.5 Å². The van der Waals surface area contributed by atoms with E-state index in [9.17, 15) is 14.4 Å². The zero-order valence-corrected chi connectivity index (χ0v) is 18.4. The van der Waals surface area contributed by atoms with Crippen molar-refractivity contribution in [3.05, 3.63) is 71.8 Å². The first-order valence-electron chi connectivity index (χ1n) is 10.2. The molecule has 1 N–H and O–H groups in total. The molecule has 2 atom stereocenters. The van der Waals surface area contributed by atoms with Gasteiger partial charge in [-0.25, -0.2) is 9.59 Å². The van der Waals surface area contributed by atoms with Crippen LogP contribution in [0, 0.1) is 5.92 Å². The molecule has 7 nitrogen and oxygen atoms in total. The number of ether oxygens (including phenoxy) is 2. The monoisotopic (exact) mass is 426 g/mol. The van der Waals surface area contributed by atoms with E-state index in [1.54, 1.807) is 0 Å². The summed E-state index contributed by atoms with van der Waals surface area (Å²) in [6.45, 7) is 3.76. The second kappa shape index (κ2) is 11.7. The summed E-state index contributed by atoms with van der Waals surface area (Å²) < 4.78 is 10.2. The first-order chi connectivity index (χ1) is 14.8. The van der Waals surface area contributed by atoms with Crippen LogP contribution in [0.5, 0.6) is 0 Å². The highest BCUT2D eigenvalue weighted by Crippen LogP contribution is 2.14. The molecule has 0 unspecified atom stereocenters. The van der Waals surface area contributed by atoms with Crippen LogP contribution in [-0.2, 0) is 32.1 Å². The van der Waals surface area contributed by atoms with E-state index in [0.29, 0.717) is 0 Å². The van der Waals surface area contributed by atoms with Crippen LogP contribution < -0.4 is 5.32 Å². The molecule has 0 aliphatic heterocycles. The summed E-state index contributed by atoms with van der Waals surface area (Å²) >= 11 is 0. The van der Waals surface area contributed by atoms with Crippen LogP contribution >= 0.6 is 0 Å². The highest BCUT2D eigenvalue weighted by atomic mass is 16.6. The molecule has 0 aromatic heterocycles. The van der Waals surface area contributed by atoms with Gasteiger partial charge in [0.05, 0.1) is 7.11 Å². The van der Waals surface area contributed by atoms with E-state index in [4.69, 9.17) is 9.47 Å². The summed E-state index contributed by atoms with van der Waals surface area (Å²) in [7, 11) is 2.79. The molecule has 166 valence electrons. The maximum atomic E-state index is 13.1. The number of esters is 1. The topological polar surface area (TPSA) is 84.9 Å². The minimum atomic E-state index is -0.866. The van der Waals surface area contributed by atoms with Gasteiger partial charge in [-0.05, 0) is 17.0 Å². The van der Waals surface area contributed by atoms with Gasteiger partial charge in [-0.3, -0.25) is 9.69 Å². The minimum absolute atomic E-state index is 0.106. The van der Waals surface area contributed by atoms with Crippen molar-refractivity contribution in [3.63, 3.8) is 0 Å². The van der Waals surface area contributed by atoms with Crippen molar-refractivity contribution in [1.82, 2.24) is 10.2 Å². The molecule has 2 rings (SSSR count). The third-order valence-electron chi connectivity index (χ3n) is 4.90. The van der Waals surface area contributed by atoms with Gasteiger partial charge >= 0.3 is 12.1 Å². The van der Waals surface area contributed by atoms with Crippen molar-refractivity contribution in [2.24, 2.45) is 5.92 Å². The molecule has 0 aliphatic rings. The Balaban J connectivity index is 2.07. The Morgan fingerprint density at radius 3 is 2.00 bits per heavy atom. The number of hydrogen-bond acceptors (Lipinski definition) is 5. The lowest BCUT2D eigenvalue weighted by atomic mass is 10.0. The fraction of sp³-hybridized carbons (Fsp3) is 0.375. The van der Waals surface area contributed by atoms with Gasteiger partial charge in [-0.2, -0.15) is 0 Å². The van der Waals surface area contributed by atoms with Crippen molar-refractivity contribution in [3.8, 4) is 0 Å². The Kier molecular flexibility index (Phi) is 9.06. The molecular formula is C24H30N2O5. The summed E-state index contributed by atoms with van der Waals surface area (Å²) in [5.41, 5.74) is 1.73. The Hall–Kier alpha value is -3.35. The minimum Gasteiger partial charge on any atom is -0.467 e. The summed E-state index contributed by atoms with van der Waals surface area (Å²) in [5, 5.41) is 2.74. The molecule has 31 heavy (non-hydrogen) atoms. The summed E-state index contributed by atoms with van der Waals surface area (Å²) in [4.78, 5) is 39.2. The molecule has 2 amide bonds. The summed E-state index contributed by atoms with van der Waals surface area (Å²) in [6, 6.07) is 17.0. The maximum Gasteiger partial charge on any atom is 0.410 e. The number of nitrogens with zero attached hydrogens (tertiary/aromatic N) is 1. The molecule has 7 heteroatoms. The lowest BCUT2D eigenvalue weighted by Gasteiger charge is -2.30. The molecule has 0 heterocycles. The van der Waals surface area contributed by atoms with Crippen LogP contribution in [0.3, 0.4) is 0 Å². The second-order valence-corrected chi connectivity index (χ2v) is 7.61. The van der Waals surface area contributed by atoms with Crippen molar-refractivity contribution >= 4 is 18.0 Å². The number of likely N-dealkylation sites (N-methyl/N-ethyl adjacent to an activating group) is 1. The van der Waals surface area contributed by atoms with Crippen LogP contribution in [-0.4, -0.2) is 49.1 Å². The first-order valence-corrected chi connectivity index (χ1v) is 10.2. The van der Waals surface area contributed by atoms with Crippen LogP contribution in [0.25, 0.3) is 0 Å². The third-order valence-corrected chi connectivity index (χ3v) is 4.90. The Morgan fingerprint density at radius 2 is 1.48 bits per heavy atom. The van der Waals surface area contributed by atoms with Gasteiger partial charge in [0.1, 0.15) is 18.7 Å². The molecule has 2 aromatic rings. The highest BCUT2D eigenvalue weighted by molar-refractivity contribution is 5.90. The summed E-state index contributed by atoms with van der Waals surface area (Å²) in [6.07, 6.45) is -0.331. The molecule has 0 saturated carbocycles. The van der Waals surface area contributed by atoms with Crippen molar-refractivity contribution in [2.45, 2.75) is 39.0 Å². The predicted molar refractivity (Wildman–Crippen MR) is 117 cm³/mol. The van der Waals surface area contributed by atoms with Crippen LogP contribution in [0.15, 0.2) is 60.7 Å². The molecule has 0 spiro atoms. The number of hydrogen-bond donors (Lipinski definition) is 1. The Labute approximate surface area is 183 Å². The summed E-state index contributed by atoms with van der Waals surface area (Å²) in [5.74, 6) is -1.20. The fourth-order valence-corrected chi connectivity index (χ4v) is 3.30. The van der Waals surface area contributed by atoms with Crippen LogP contribution in [0.1, 0.15) is 25.0 Å². The van der Waals surface area contributed by atoms with E-state index in [2.05, 4.69) is 5.32 Å². The quantitative estimate of drug-likeness (QED) is 0.623. The smallest absolute Gasteiger partial charge is 0.410 e. The molecule has 0 aliphatic carbocycles. The first kappa shape index (κ1) is 23.9. The average Bonchev–Trinajstić information content (AvgIpc) is 2.77. The van der Waals surface area contributed by atoms with E-state index in [0.717, 1.165) is 11.1 Å². The van der Waals surface area contributed by atoms with E-state index in [1.165, 1.54) is 19.1 Å². The number of rotatable bonds is 9. The van der Waals surface area contributed by atoms with E-state index < -0.39 is 30.1 Å². The maximum absolute atomic E-state index is 13.1. The lowest BCUT2D eigenvalue weighted by molar-refractivity contribution is -0.145. The average molecular weight is 427 g/mol. The predicted octanol–water partition coefficient (Wildman–Crippen LogP) is 3.18. The molecular weight excluding hydrogens is 396 g/mol. The van der Waals surface area contributed by atoms with Gasteiger partial charge in [0.15, 0.2) is 0 Å². The number of nitrogens with one attached hydrogen (secondary N) is 1. The SMILES string of the molecule is COC(=O)[C@H](Cc1ccccc1)NC(=O)[C@H](C(C)C)N(C)C(=O)OCc1ccccc1. The van der Waals surface area contributed by atoms with Crippen molar-refractivity contribution in [2.75, 3.05) is 14.2 Å². The standard InChI is InChI=1S/C24H30N2O5/c1-17(2)21(26(3)24(29)31-16-19-13-9-6-10-14-19)22(27)25-20(23(28)30-4)15-18-11-7-5-8-12-18/h5-14,17,20-21H,15-16H2,1-4H3,(H,25,27)/t20-,21-/m0/s1. The molecule has 0 saturated heterocycles. The van der Waals surface area contributed by atoms with E-state index in [1.807, 2.05) is 74.5 Å². The fourth-order valence-electron chi connectivity index (χ4n) is 3.30. The third kappa shape index (κ3) is 7.13. The lowest BCUT2D eigenvalue weighted by Crippen LogP contribution is -2.54. The zero-order valence-electron chi connectivity index (χ0n) is 18.4. The van der Waals surface area contributed by atoms with Gasteiger partial charge in [-0.15, -0.1) is 0 Å². The molecule has 0 bridgehead atoms. The van der Waals surface area contributed by atoms with Crippen LogP contribution in [0.2, 0.25) is 0 Å². The normalized spacial score (nSPS) is 12.5.